The van der Waals surface area contributed by atoms with Crippen molar-refractivity contribution in [2.45, 2.75) is 13.3 Å². The number of guanidine groups is 1. The number of aliphatic imine (C=N–C) groups is 1. The molecule has 1 amide bonds. The van der Waals surface area contributed by atoms with Crippen molar-refractivity contribution in [3.63, 3.8) is 0 Å². The zero-order valence-electron chi connectivity index (χ0n) is 14.9. The van der Waals surface area contributed by atoms with Gasteiger partial charge in [0.1, 0.15) is 24.7 Å². The molecule has 6 nitrogen and oxygen atoms in total. The Hall–Kier alpha value is -2.31. The van der Waals surface area contributed by atoms with E-state index in [1.54, 1.807) is 26.2 Å². The summed E-state index contributed by atoms with van der Waals surface area (Å²) < 4.78 is 18.4. The van der Waals surface area contributed by atoms with Crippen LogP contribution < -0.4 is 10.1 Å². The van der Waals surface area contributed by atoms with E-state index in [0.29, 0.717) is 24.9 Å². The number of hydrogen-bond acceptors (Lipinski definition) is 3. The van der Waals surface area contributed by atoms with Crippen LogP contribution in [0.5, 0.6) is 5.75 Å². The lowest BCUT2D eigenvalue weighted by molar-refractivity contribution is -0.127. The first kappa shape index (κ1) is 19.7. The van der Waals surface area contributed by atoms with Gasteiger partial charge in [-0.3, -0.25) is 4.79 Å². The van der Waals surface area contributed by atoms with E-state index in [4.69, 9.17) is 4.74 Å². The third-order valence-electron chi connectivity index (χ3n) is 3.27. The second kappa shape index (κ2) is 10.5. The highest BCUT2D eigenvalue weighted by atomic mass is 19.1. The first-order valence-corrected chi connectivity index (χ1v) is 8.02. The SMILES string of the molecule is CCCNC(=NCC(=O)N(C)C)N(C)CCOc1ccc(F)cc1. The minimum Gasteiger partial charge on any atom is -0.492 e. The van der Waals surface area contributed by atoms with Gasteiger partial charge in [-0.1, -0.05) is 6.92 Å². The summed E-state index contributed by atoms with van der Waals surface area (Å²) >= 11 is 0. The van der Waals surface area contributed by atoms with E-state index in [0.717, 1.165) is 13.0 Å². The van der Waals surface area contributed by atoms with Crippen molar-refractivity contribution in [3.8, 4) is 5.75 Å². The maximum absolute atomic E-state index is 12.8. The van der Waals surface area contributed by atoms with Gasteiger partial charge in [0, 0.05) is 27.7 Å². The third kappa shape index (κ3) is 7.30. The molecule has 7 heteroatoms. The zero-order chi connectivity index (χ0) is 17.9. The molecule has 0 aliphatic rings. The van der Waals surface area contributed by atoms with Gasteiger partial charge in [-0.15, -0.1) is 0 Å². The maximum Gasteiger partial charge on any atom is 0.243 e. The molecule has 0 unspecified atom stereocenters. The average Bonchev–Trinajstić information content (AvgIpc) is 2.56. The molecule has 24 heavy (non-hydrogen) atoms. The molecule has 1 rings (SSSR count). The van der Waals surface area contributed by atoms with Crippen LogP contribution in [0.25, 0.3) is 0 Å². The number of hydrogen-bond donors (Lipinski definition) is 1. The van der Waals surface area contributed by atoms with E-state index in [1.165, 1.54) is 17.0 Å². The number of halogens is 1. The molecule has 0 heterocycles. The predicted molar refractivity (Wildman–Crippen MR) is 93.8 cm³/mol. The van der Waals surface area contributed by atoms with Gasteiger partial charge >= 0.3 is 0 Å². The first-order chi connectivity index (χ1) is 11.4. The molecule has 0 aliphatic carbocycles. The minimum atomic E-state index is -0.289. The highest BCUT2D eigenvalue weighted by Crippen LogP contribution is 2.10. The molecule has 1 N–H and O–H groups in total. The molecule has 1 aromatic rings. The molecule has 0 fully saturated rings. The molecular weight excluding hydrogens is 311 g/mol. The number of amides is 1. The van der Waals surface area contributed by atoms with Crippen LogP contribution in [0, 0.1) is 5.82 Å². The van der Waals surface area contributed by atoms with Crippen LogP contribution >= 0.6 is 0 Å². The van der Waals surface area contributed by atoms with E-state index in [9.17, 15) is 9.18 Å². The molecule has 0 aromatic heterocycles. The van der Waals surface area contributed by atoms with Gasteiger partial charge in [0.15, 0.2) is 5.96 Å². The predicted octanol–water partition coefficient (Wildman–Crippen LogP) is 1.58. The lowest BCUT2D eigenvalue weighted by Crippen LogP contribution is -2.42. The maximum atomic E-state index is 12.8. The number of benzene rings is 1. The van der Waals surface area contributed by atoms with Gasteiger partial charge in [-0.05, 0) is 30.7 Å². The lowest BCUT2D eigenvalue weighted by atomic mass is 10.3. The molecular formula is C17H27FN4O2. The summed E-state index contributed by atoms with van der Waals surface area (Å²) in [4.78, 5) is 19.5. The molecule has 0 saturated carbocycles. The van der Waals surface area contributed by atoms with Crippen molar-refractivity contribution in [1.29, 1.82) is 0 Å². The second-order valence-corrected chi connectivity index (χ2v) is 5.58. The standard InChI is InChI=1S/C17H27FN4O2/c1-5-10-19-17(20-13-16(23)21(2)3)22(4)11-12-24-15-8-6-14(18)7-9-15/h6-9H,5,10-13H2,1-4H3,(H,19,20). The molecule has 1 aromatic carbocycles. The molecule has 0 saturated heterocycles. The van der Waals surface area contributed by atoms with Crippen LogP contribution in [0.1, 0.15) is 13.3 Å². The molecule has 0 atom stereocenters. The minimum absolute atomic E-state index is 0.0539. The fourth-order valence-electron chi connectivity index (χ4n) is 1.77. The summed E-state index contributed by atoms with van der Waals surface area (Å²) in [7, 11) is 5.30. The topological polar surface area (TPSA) is 57.2 Å². The Labute approximate surface area is 143 Å². The van der Waals surface area contributed by atoms with Gasteiger partial charge in [0.2, 0.25) is 5.91 Å². The van der Waals surface area contributed by atoms with E-state index >= 15 is 0 Å². The normalized spacial score (nSPS) is 11.1. The molecule has 134 valence electrons. The van der Waals surface area contributed by atoms with Crippen LogP contribution in [0.2, 0.25) is 0 Å². The Kier molecular flexibility index (Phi) is 8.60. The lowest BCUT2D eigenvalue weighted by Gasteiger charge is -2.22. The third-order valence-corrected chi connectivity index (χ3v) is 3.27. The number of ether oxygens (including phenoxy) is 1. The molecule has 0 spiro atoms. The Morgan fingerprint density at radius 1 is 1.25 bits per heavy atom. The van der Waals surface area contributed by atoms with Crippen LogP contribution in [-0.2, 0) is 4.79 Å². The number of carbonyl (C=O) groups is 1. The van der Waals surface area contributed by atoms with E-state index in [1.807, 2.05) is 11.9 Å². The fraction of sp³-hybridized carbons (Fsp3) is 0.529. The smallest absolute Gasteiger partial charge is 0.243 e. The van der Waals surface area contributed by atoms with Crippen LogP contribution in [0.3, 0.4) is 0 Å². The van der Waals surface area contributed by atoms with Crippen molar-refractivity contribution in [2.24, 2.45) is 4.99 Å². The summed E-state index contributed by atoms with van der Waals surface area (Å²) in [5.74, 6) is 0.937. The first-order valence-electron chi connectivity index (χ1n) is 8.02. The highest BCUT2D eigenvalue weighted by Gasteiger charge is 2.08. The van der Waals surface area contributed by atoms with Crippen LogP contribution in [0.4, 0.5) is 4.39 Å². The summed E-state index contributed by atoms with van der Waals surface area (Å²) in [5, 5.41) is 3.22. The summed E-state index contributed by atoms with van der Waals surface area (Å²) in [6.07, 6.45) is 0.959. The molecule has 0 radical (unpaired) electrons. The van der Waals surface area contributed by atoms with Gasteiger partial charge in [0.25, 0.3) is 0 Å². The average molecular weight is 338 g/mol. The van der Waals surface area contributed by atoms with E-state index in [-0.39, 0.29) is 18.3 Å². The zero-order valence-corrected chi connectivity index (χ0v) is 14.9. The van der Waals surface area contributed by atoms with Crippen molar-refractivity contribution < 1.29 is 13.9 Å². The van der Waals surface area contributed by atoms with Gasteiger partial charge < -0.3 is 19.9 Å². The van der Waals surface area contributed by atoms with Crippen molar-refractivity contribution >= 4 is 11.9 Å². The van der Waals surface area contributed by atoms with Crippen molar-refractivity contribution in [1.82, 2.24) is 15.1 Å². The largest absolute Gasteiger partial charge is 0.492 e. The quantitative estimate of drug-likeness (QED) is 0.578. The Morgan fingerprint density at radius 3 is 2.50 bits per heavy atom. The number of nitrogens with zero attached hydrogens (tertiary/aromatic N) is 3. The fourth-order valence-corrected chi connectivity index (χ4v) is 1.77. The van der Waals surface area contributed by atoms with Gasteiger partial charge in [0.05, 0.1) is 6.54 Å². The second-order valence-electron chi connectivity index (χ2n) is 5.58. The number of nitrogens with one attached hydrogen (secondary N) is 1. The van der Waals surface area contributed by atoms with Crippen molar-refractivity contribution in [2.75, 3.05) is 47.4 Å². The van der Waals surface area contributed by atoms with Crippen molar-refractivity contribution in [3.05, 3.63) is 30.1 Å². The Balaban J connectivity index is 2.53. The number of carbonyl (C=O) groups excluding carboxylic acids is 1. The van der Waals surface area contributed by atoms with Crippen LogP contribution in [-0.4, -0.2) is 69.1 Å². The van der Waals surface area contributed by atoms with E-state index < -0.39 is 0 Å². The summed E-state index contributed by atoms with van der Waals surface area (Å²) in [6, 6.07) is 5.91. The Morgan fingerprint density at radius 2 is 1.92 bits per heavy atom. The monoisotopic (exact) mass is 338 g/mol. The van der Waals surface area contributed by atoms with Gasteiger partial charge in [-0.25, -0.2) is 9.38 Å². The van der Waals surface area contributed by atoms with Gasteiger partial charge in [-0.2, -0.15) is 0 Å². The number of rotatable bonds is 8. The number of likely N-dealkylation sites (N-methyl/N-ethyl adjacent to an activating group) is 2. The summed E-state index contributed by atoms with van der Waals surface area (Å²) in [5.41, 5.74) is 0. The highest BCUT2D eigenvalue weighted by molar-refractivity contribution is 5.84. The van der Waals surface area contributed by atoms with Crippen LogP contribution in [0.15, 0.2) is 29.3 Å². The summed E-state index contributed by atoms with van der Waals surface area (Å²) in [6.45, 7) is 3.95. The Bertz CT molecular complexity index is 532. The van der Waals surface area contributed by atoms with E-state index in [2.05, 4.69) is 17.2 Å². The molecule has 0 aliphatic heterocycles. The molecule has 0 bridgehead atoms.